The first-order chi connectivity index (χ1) is 16.1. The fourth-order valence-electron chi connectivity index (χ4n) is 3.43. The second kappa shape index (κ2) is 10.9. The average molecular weight is 458 g/mol. The largest absolute Gasteiger partial charge is 0.325 e. The van der Waals surface area contributed by atoms with Gasteiger partial charge in [0.15, 0.2) is 11.0 Å². The highest BCUT2D eigenvalue weighted by Gasteiger charge is 2.17. The van der Waals surface area contributed by atoms with Crippen LogP contribution in [0.1, 0.15) is 30.9 Å². The molecule has 1 N–H and O–H groups in total. The van der Waals surface area contributed by atoms with Crippen molar-refractivity contribution in [3.63, 3.8) is 0 Å². The molecular weight excluding hydrogens is 430 g/mol. The van der Waals surface area contributed by atoms with Gasteiger partial charge in [0.1, 0.15) is 0 Å². The van der Waals surface area contributed by atoms with Crippen LogP contribution in [0.2, 0.25) is 0 Å². The Bertz CT molecular complexity index is 1190. The number of hydrogen-bond donors (Lipinski definition) is 1. The van der Waals surface area contributed by atoms with E-state index in [2.05, 4.69) is 39.6 Å². The van der Waals surface area contributed by atoms with Gasteiger partial charge in [0.05, 0.1) is 5.75 Å². The van der Waals surface area contributed by atoms with Gasteiger partial charge in [-0.05, 0) is 61.7 Å². The van der Waals surface area contributed by atoms with Gasteiger partial charge in [0, 0.05) is 29.3 Å². The van der Waals surface area contributed by atoms with Gasteiger partial charge in [0.25, 0.3) is 0 Å². The predicted molar refractivity (Wildman–Crippen MR) is 134 cm³/mol. The highest BCUT2D eigenvalue weighted by molar-refractivity contribution is 7.99. The molecule has 0 spiro atoms. The van der Waals surface area contributed by atoms with Gasteiger partial charge in [-0.2, -0.15) is 0 Å². The molecule has 0 aliphatic heterocycles. The van der Waals surface area contributed by atoms with E-state index in [0.717, 1.165) is 23.4 Å². The minimum atomic E-state index is -0.0808. The van der Waals surface area contributed by atoms with E-state index in [-0.39, 0.29) is 11.7 Å². The first kappa shape index (κ1) is 22.7. The van der Waals surface area contributed by atoms with Gasteiger partial charge in [-0.3, -0.25) is 14.3 Å². The van der Waals surface area contributed by atoms with Gasteiger partial charge in [-0.15, -0.1) is 10.2 Å². The number of benzene rings is 2. The van der Waals surface area contributed by atoms with Gasteiger partial charge in [-0.25, -0.2) is 0 Å². The zero-order valence-corrected chi connectivity index (χ0v) is 19.7. The molecule has 0 radical (unpaired) electrons. The topological polar surface area (TPSA) is 72.7 Å². The van der Waals surface area contributed by atoms with Crippen molar-refractivity contribution in [3.8, 4) is 17.1 Å². The third-order valence-corrected chi connectivity index (χ3v) is 6.16. The van der Waals surface area contributed by atoms with Crippen LogP contribution in [-0.4, -0.2) is 31.4 Å². The fraction of sp³-hybridized carbons (Fsp3) is 0.231. The number of unbranched alkanes of at least 4 members (excludes halogenated alkanes) is 1. The summed E-state index contributed by atoms with van der Waals surface area (Å²) in [5.41, 5.74) is 5.07. The van der Waals surface area contributed by atoms with Gasteiger partial charge < -0.3 is 5.32 Å². The lowest BCUT2D eigenvalue weighted by molar-refractivity contribution is -0.113. The van der Waals surface area contributed by atoms with Crippen molar-refractivity contribution in [2.75, 3.05) is 11.1 Å². The molecule has 0 aliphatic rings. The maximum Gasteiger partial charge on any atom is 0.234 e. The minimum absolute atomic E-state index is 0.0808. The lowest BCUT2D eigenvalue weighted by Gasteiger charge is -2.11. The minimum Gasteiger partial charge on any atom is -0.325 e. The first-order valence-corrected chi connectivity index (χ1v) is 12.1. The number of nitrogens with zero attached hydrogens (tertiary/aromatic N) is 4. The Morgan fingerprint density at radius 3 is 2.52 bits per heavy atom. The normalized spacial score (nSPS) is 10.8. The summed E-state index contributed by atoms with van der Waals surface area (Å²) >= 11 is 1.36. The number of thioether (sulfide) groups is 1. The Balaban J connectivity index is 1.49. The van der Waals surface area contributed by atoms with Crippen molar-refractivity contribution in [1.82, 2.24) is 19.7 Å². The summed E-state index contributed by atoms with van der Waals surface area (Å²) in [5.74, 6) is 0.842. The predicted octanol–water partition coefficient (Wildman–Crippen LogP) is 5.71. The van der Waals surface area contributed by atoms with E-state index in [1.165, 1.54) is 35.7 Å². The third-order valence-electron chi connectivity index (χ3n) is 5.23. The van der Waals surface area contributed by atoms with E-state index in [1.54, 1.807) is 12.4 Å². The summed E-state index contributed by atoms with van der Waals surface area (Å²) < 4.78 is 1.97. The molecule has 6 nitrogen and oxygen atoms in total. The SMILES string of the molecule is CCCCc1ccc(NC(=O)CSc2nnc(-c3cccnc3)n2-c2ccc(C)cc2)cc1. The molecule has 0 aliphatic carbocycles. The monoisotopic (exact) mass is 457 g/mol. The van der Waals surface area contributed by atoms with E-state index in [0.29, 0.717) is 11.0 Å². The Labute approximate surface area is 198 Å². The number of aromatic nitrogens is 4. The van der Waals surface area contributed by atoms with E-state index >= 15 is 0 Å². The number of rotatable bonds is 9. The number of aryl methyl sites for hydroxylation is 2. The Kier molecular flexibility index (Phi) is 7.52. The summed E-state index contributed by atoms with van der Waals surface area (Å²) in [6.45, 7) is 4.24. The number of pyridine rings is 1. The molecule has 4 rings (SSSR count). The summed E-state index contributed by atoms with van der Waals surface area (Å²) in [7, 11) is 0. The molecule has 0 unspecified atom stereocenters. The van der Waals surface area contributed by atoms with Crippen LogP contribution in [0.4, 0.5) is 5.69 Å². The molecule has 0 fully saturated rings. The molecule has 7 heteroatoms. The van der Waals surface area contributed by atoms with Crippen LogP contribution in [0.3, 0.4) is 0 Å². The van der Waals surface area contributed by atoms with Gasteiger partial charge >= 0.3 is 0 Å². The van der Waals surface area contributed by atoms with Crippen LogP contribution in [0, 0.1) is 6.92 Å². The average Bonchev–Trinajstić information content (AvgIpc) is 3.27. The number of hydrogen-bond acceptors (Lipinski definition) is 5. The van der Waals surface area contributed by atoms with Crippen LogP contribution in [0.25, 0.3) is 17.1 Å². The molecule has 2 aromatic carbocycles. The number of nitrogens with one attached hydrogen (secondary N) is 1. The third kappa shape index (κ3) is 5.87. The second-order valence-corrected chi connectivity index (χ2v) is 8.80. The van der Waals surface area contributed by atoms with Crippen LogP contribution >= 0.6 is 11.8 Å². The molecule has 168 valence electrons. The van der Waals surface area contributed by atoms with E-state index in [4.69, 9.17) is 0 Å². The molecule has 2 heterocycles. The standard InChI is InChI=1S/C26H27N5OS/c1-3-4-6-20-10-12-22(13-11-20)28-24(32)18-33-26-30-29-25(21-7-5-16-27-17-21)31(26)23-14-8-19(2)9-15-23/h5,7-17H,3-4,6,18H2,1-2H3,(H,28,32). The van der Waals surface area contributed by atoms with Crippen molar-refractivity contribution in [2.45, 2.75) is 38.3 Å². The van der Waals surface area contributed by atoms with Gasteiger partial charge in [0.2, 0.25) is 5.91 Å². The lowest BCUT2D eigenvalue weighted by atomic mass is 10.1. The molecule has 0 atom stereocenters. The van der Waals surface area contributed by atoms with Crippen LogP contribution < -0.4 is 5.32 Å². The van der Waals surface area contributed by atoms with Crippen LogP contribution in [0.15, 0.2) is 78.2 Å². The van der Waals surface area contributed by atoms with Crippen molar-refractivity contribution in [3.05, 3.63) is 84.2 Å². The zero-order chi connectivity index (χ0) is 23.0. The quantitative estimate of drug-likeness (QED) is 0.326. The van der Waals surface area contributed by atoms with Gasteiger partial charge in [-0.1, -0.05) is 54.9 Å². The highest BCUT2D eigenvalue weighted by Crippen LogP contribution is 2.28. The summed E-state index contributed by atoms with van der Waals surface area (Å²) in [5, 5.41) is 12.4. The van der Waals surface area contributed by atoms with E-state index < -0.39 is 0 Å². The second-order valence-electron chi connectivity index (χ2n) is 7.86. The molecule has 1 amide bonds. The lowest BCUT2D eigenvalue weighted by Crippen LogP contribution is -2.14. The molecule has 2 aromatic heterocycles. The summed E-state index contributed by atoms with van der Waals surface area (Å²) in [4.78, 5) is 16.8. The maximum absolute atomic E-state index is 12.6. The van der Waals surface area contributed by atoms with Crippen LogP contribution in [-0.2, 0) is 11.2 Å². The smallest absolute Gasteiger partial charge is 0.234 e. The highest BCUT2D eigenvalue weighted by atomic mass is 32.2. The molecule has 0 bridgehead atoms. The Morgan fingerprint density at radius 1 is 1.03 bits per heavy atom. The maximum atomic E-state index is 12.6. The number of anilines is 1. The molecule has 0 saturated carbocycles. The van der Waals surface area contributed by atoms with E-state index in [1.807, 2.05) is 60.0 Å². The van der Waals surface area contributed by atoms with Crippen LogP contribution in [0.5, 0.6) is 0 Å². The van der Waals surface area contributed by atoms with E-state index in [9.17, 15) is 4.79 Å². The first-order valence-electron chi connectivity index (χ1n) is 11.1. The Morgan fingerprint density at radius 2 is 1.82 bits per heavy atom. The summed E-state index contributed by atoms with van der Waals surface area (Å²) in [6, 6.07) is 20.1. The number of carbonyl (C=O) groups excluding carboxylic acids is 1. The fourth-order valence-corrected chi connectivity index (χ4v) is 4.19. The molecular formula is C26H27N5OS. The summed E-state index contributed by atoms with van der Waals surface area (Å²) in [6.07, 6.45) is 6.90. The number of amides is 1. The van der Waals surface area contributed by atoms with Crippen molar-refractivity contribution in [1.29, 1.82) is 0 Å². The Hall–Kier alpha value is -3.45. The van der Waals surface area contributed by atoms with Crippen molar-refractivity contribution >= 4 is 23.4 Å². The van der Waals surface area contributed by atoms with Crippen molar-refractivity contribution < 1.29 is 4.79 Å². The molecule has 4 aromatic rings. The number of carbonyl (C=O) groups is 1. The van der Waals surface area contributed by atoms with Crippen molar-refractivity contribution in [2.24, 2.45) is 0 Å². The molecule has 0 saturated heterocycles. The zero-order valence-electron chi connectivity index (χ0n) is 18.9. The molecule has 33 heavy (non-hydrogen) atoms.